The predicted molar refractivity (Wildman–Crippen MR) is 45.7 cm³/mol. The first-order valence-corrected chi connectivity index (χ1v) is 6.27. The lowest BCUT2D eigenvalue weighted by molar-refractivity contribution is -0.135. The van der Waals surface area contributed by atoms with E-state index in [9.17, 15) is 4.79 Å². The summed E-state index contributed by atoms with van der Waals surface area (Å²) in [6.07, 6.45) is 1.35. The monoisotopic (exact) mass is 174 g/mol. The Bertz CT molecular complexity index is 163. The molecule has 0 radical (unpaired) electrons. The summed E-state index contributed by atoms with van der Waals surface area (Å²) in [6, 6.07) is 0. The maximum Gasteiger partial charge on any atom is 0.333 e. The smallest absolute Gasteiger partial charge is 0.333 e. The third-order valence-electron chi connectivity index (χ3n) is 0.944. The van der Waals surface area contributed by atoms with Crippen molar-refractivity contribution in [3.8, 4) is 0 Å². The predicted octanol–water partition coefficient (Wildman–Crippen LogP) is 1.06. The highest BCUT2D eigenvalue weighted by Gasteiger charge is 1.99. The van der Waals surface area contributed by atoms with Crippen molar-refractivity contribution in [1.82, 2.24) is 0 Å². The lowest BCUT2D eigenvalue weighted by atomic mass is 10.5. The Morgan fingerprint density at radius 3 is 2.36 bits per heavy atom. The number of methoxy groups -OCH3 is 1. The van der Waals surface area contributed by atoms with Gasteiger partial charge < -0.3 is 9.16 Å². The molecular formula is C7H14O3Si. The zero-order valence-corrected chi connectivity index (χ0v) is 8.53. The van der Waals surface area contributed by atoms with Crippen molar-refractivity contribution in [2.75, 3.05) is 7.11 Å². The van der Waals surface area contributed by atoms with Gasteiger partial charge in [0.1, 0.15) is 0 Å². The van der Waals surface area contributed by atoms with Crippen molar-refractivity contribution < 1.29 is 14.0 Å². The average Bonchev–Trinajstić information content (AvgIpc) is 1.85. The topological polar surface area (TPSA) is 35.5 Å². The van der Waals surface area contributed by atoms with Crippen molar-refractivity contribution in [2.24, 2.45) is 0 Å². The molecule has 0 rings (SSSR count). The maximum atomic E-state index is 10.6. The molecule has 0 aromatic carbocycles. The van der Waals surface area contributed by atoms with Crippen LogP contribution in [0.25, 0.3) is 0 Å². The Kier molecular flexibility index (Phi) is 4.61. The molecule has 64 valence electrons. The first kappa shape index (κ1) is 10.2. The van der Waals surface area contributed by atoms with Gasteiger partial charge in [0, 0.05) is 0 Å². The van der Waals surface area contributed by atoms with Crippen LogP contribution in [-0.4, -0.2) is 22.1 Å². The standard InChI is InChI=1S/C7H14O3Si/c1-6(10-11(3)4)5-7(8)9-2/h5,11H,1-4H3. The van der Waals surface area contributed by atoms with E-state index in [1.165, 1.54) is 13.2 Å². The van der Waals surface area contributed by atoms with E-state index in [1.54, 1.807) is 6.92 Å². The fourth-order valence-corrected chi connectivity index (χ4v) is 1.44. The van der Waals surface area contributed by atoms with Crippen molar-refractivity contribution in [3.63, 3.8) is 0 Å². The lowest BCUT2D eigenvalue weighted by Gasteiger charge is -2.07. The normalized spacial score (nSPS) is 11.5. The SMILES string of the molecule is COC(=O)C=C(C)O[SiH](C)C. The van der Waals surface area contributed by atoms with Gasteiger partial charge in [-0.1, -0.05) is 0 Å². The molecule has 4 heteroatoms. The van der Waals surface area contributed by atoms with E-state index in [2.05, 4.69) is 4.74 Å². The van der Waals surface area contributed by atoms with Crippen LogP contribution in [0.3, 0.4) is 0 Å². The molecule has 0 aliphatic carbocycles. The molecule has 0 aromatic heterocycles. The molecular weight excluding hydrogens is 160 g/mol. The van der Waals surface area contributed by atoms with Crippen LogP contribution in [0, 0.1) is 0 Å². The number of carbonyl (C=O) groups excluding carboxylic acids is 1. The molecule has 0 saturated carbocycles. The highest BCUT2D eigenvalue weighted by atomic mass is 28.3. The molecule has 0 N–H and O–H groups in total. The van der Waals surface area contributed by atoms with Gasteiger partial charge in [0.15, 0.2) is 0 Å². The van der Waals surface area contributed by atoms with Gasteiger partial charge in [0.25, 0.3) is 0 Å². The van der Waals surface area contributed by atoms with Crippen molar-refractivity contribution in [1.29, 1.82) is 0 Å². The number of hydrogen-bond acceptors (Lipinski definition) is 3. The number of carbonyl (C=O) groups is 1. The second-order valence-electron chi connectivity index (χ2n) is 2.44. The van der Waals surface area contributed by atoms with Crippen molar-refractivity contribution in [2.45, 2.75) is 20.0 Å². The zero-order valence-electron chi connectivity index (χ0n) is 7.38. The molecule has 0 fully saturated rings. The van der Waals surface area contributed by atoms with E-state index in [0.29, 0.717) is 5.76 Å². The van der Waals surface area contributed by atoms with Gasteiger partial charge in [0.2, 0.25) is 9.04 Å². The summed E-state index contributed by atoms with van der Waals surface area (Å²) in [5.41, 5.74) is 0. The number of ether oxygens (including phenoxy) is 1. The third-order valence-corrected chi connectivity index (χ3v) is 1.79. The van der Waals surface area contributed by atoms with Gasteiger partial charge in [-0.05, 0) is 20.0 Å². The lowest BCUT2D eigenvalue weighted by Crippen LogP contribution is -2.07. The molecule has 0 bridgehead atoms. The molecule has 3 nitrogen and oxygen atoms in total. The molecule has 0 aliphatic heterocycles. The highest BCUT2D eigenvalue weighted by molar-refractivity contribution is 6.48. The number of esters is 1. The Hall–Kier alpha value is -0.773. The Labute approximate surface area is 68.7 Å². The van der Waals surface area contributed by atoms with Gasteiger partial charge in [-0.2, -0.15) is 0 Å². The molecule has 0 heterocycles. The van der Waals surface area contributed by atoms with Crippen molar-refractivity contribution in [3.05, 3.63) is 11.8 Å². The number of rotatable bonds is 3. The van der Waals surface area contributed by atoms with E-state index in [-0.39, 0.29) is 5.97 Å². The van der Waals surface area contributed by atoms with Crippen LogP contribution in [-0.2, 0) is 14.0 Å². The zero-order chi connectivity index (χ0) is 8.85. The molecule has 11 heavy (non-hydrogen) atoms. The summed E-state index contributed by atoms with van der Waals surface area (Å²) in [4.78, 5) is 10.6. The Morgan fingerprint density at radius 1 is 1.45 bits per heavy atom. The fourth-order valence-electron chi connectivity index (χ4n) is 0.631. The van der Waals surface area contributed by atoms with Gasteiger partial charge in [0.05, 0.1) is 18.9 Å². The van der Waals surface area contributed by atoms with E-state index < -0.39 is 9.04 Å². The van der Waals surface area contributed by atoms with Crippen LogP contribution < -0.4 is 0 Å². The fraction of sp³-hybridized carbons (Fsp3) is 0.571. The first-order valence-electron chi connectivity index (χ1n) is 3.49. The molecule has 0 spiro atoms. The Balaban J connectivity index is 3.90. The van der Waals surface area contributed by atoms with Gasteiger partial charge in [-0.3, -0.25) is 0 Å². The molecule has 0 aromatic rings. The van der Waals surface area contributed by atoms with E-state index in [0.717, 1.165) is 0 Å². The minimum absolute atomic E-state index is 0.364. The van der Waals surface area contributed by atoms with E-state index in [1.807, 2.05) is 13.1 Å². The van der Waals surface area contributed by atoms with Crippen molar-refractivity contribution >= 4 is 15.0 Å². The highest BCUT2D eigenvalue weighted by Crippen LogP contribution is 1.98. The van der Waals surface area contributed by atoms with Gasteiger partial charge >= 0.3 is 5.97 Å². The summed E-state index contributed by atoms with van der Waals surface area (Å²) < 4.78 is 9.74. The van der Waals surface area contributed by atoms with Gasteiger partial charge in [-0.15, -0.1) is 0 Å². The van der Waals surface area contributed by atoms with Crippen LogP contribution in [0.1, 0.15) is 6.92 Å². The molecule has 0 saturated heterocycles. The van der Waals surface area contributed by atoms with E-state index in [4.69, 9.17) is 4.43 Å². The van der Waals surface area contributed by atoms with Crippen LogP contribution in [0.15, 0.2) is 11.8 Å². The second-order valence-corrected chi connectivity index (χ2v) is 4.78. The summed E-state index contributed by atoms with van der Waals surface area (Å²) in [5, 5.41) is 0. The molecule has 0 aliphatic rings. The van der Waals surface area contributed by atoms with Crippen LogP contribution in [0.5, 0.6) is 0 Å². The summed E-state index contributed by atoms with van der Waals surface area (Å²) in [5.74, 6) is 0.274. The summed E-state index contributed by atoms with van der Waals surface area (Å²) >= 11 is 0. The minimum Gasteiger partial charge on any atom is -0.550 e. The number of hydrogen-bond donors (Lipinski definition) is 0. The average molecular weight is 174 g/mol. The number of allylic oxidation sites excluding steroid dienone is 1. The quantitative estimate of drug-likeness (QED) is 0.278. The largest absolute Gasteiger partial charge is 0.550 e. The Morgan fingerprint density at radius 2 is 2.00 bits per heavy atom. The maximum absolute atomic E-state index is 10.6. The first-order chi connectivity index (χ1) is 5.06. The summed E-state index contributed by atoms with van der Waals surface area (Å²) in [6.45, 7) is 5.83. The van der Waals surface area contributed by atoms with Crippen LogP contribution in [0.2, 0.25) is 13.1 Å². The third kappa shape index (κ3) is 5.66. The summed E-state index contributed by atoms with van der Waals surface area (Å²) in [7, 11) is 0.272. The second kappa shape index (κ2) is 4.95. The van der Waals surface area contributed by atoms with Crippen LogP contribution >= 0.6 is 0 Å². The van der Waals surface area contributed by atoms with Crippen LogP contribution in [0.4, 0.5) is 0 Å². The molecule has 0 unspecified atom stereocenters. The minimum atomic E-state index is -1.07. The molecule has 0 atom stereocenters. The molecule has 0 amide bonds. The van der Waals surface area contributed by atoms with E-state index >= 15 is 0 Å². The van der Waals surface area contributed by atoms with Gasteiger partial charge in [-0.25, -0.2) is 4.79 Å².